The van der Waals surface area contributed by atoms with E-state index in [2.05, 4.69) is 19.2 Å². The fourth-order valence-electron chi connectivity index (χ4n) is 2.23. The van der Waals surface area contributed by atoms with Crippen molar-refractivity contribution in [3.63, 3.8) is 0 Å². The van der Waals surface area contributed by atoms with Crippen LogP contribution in [0, 0.1) is 5.92 Å². The number of carbonyl (C=O) groups excluding carboxylic acids is 1. The summed E-state index contributed by atoms with van der Waals surface area (Å²) >= 11 is 0. The average molecular weight is 290 g/mol. The Kier molecular flexibility index (Phi) is 5.24. The monoisotopic (exact) mass is 290 g/mol. The molecule has 1 aliphatic heterocycles. The lowest BCUT2D eigenvalue weighted by molar-refractivity contribution is 0.171. The SMILES string of the molecule is CC[C@H](C)[C@H](C)NC(=O)N1CCS(=O)(=O)[C@H](C)[C@@H]1C. The van der Waals surface area contributed by atoms with Crippen LogP contribution in [-0.2, 0) is 9.84 Å². The van der Waals surface area contributed by atoms with E-state index in [-0.39, 0.29) is 30.4 Å². The summed E-state index contributed by atoms with van der Waals surface area (Å²) in [5.74, 6) is 0.467. The first kappa shape index (κ1) is 16.3. The first-order valence-electron chi connectivity index (χ1n) is 6.99. The van der Waals surface area contributed by atoms with Crippen LogP contribution in [-0.4, -0.2) is 49.0 Å². The van der Waals surface area contributed by atoms with Crippen LogP contribution < -0.4 is 5.32 Å². The molecule has 1 heterocycles. The van der Waals surface area contributed by atoms with Crippen LogP contribution >= 0.6 is 0 Å². The normalized spacial score (nSPS) is 29.6. The molecule has 0 aromatic rings. The molecule has 1 aliphatic rings. The van der Waals surface area contributed by atoms with Crippen molar-refractivity contribution in [3.05, 3.63) is 0 Å². The van der Waals surface area contributed by atoms with Crippen molar-refractivity contribution in [3.8, 4) is 0 Å². The third-order valence-electron chi connectivity index (χ3n) is 4.46. The second-order valence-corrected chi connectivity index (χ2v) is 8.11. The number of nitrogens with one attached hydrogen (secondary N) is 1. The fourth-order valence-corrected chi connectivity index (χ4v) is 3.80. The minimum atomic E-state index is -3.05. The van der Waals surface area contributed by atoms with Gasteiger partial charge < -0.3 is 10.2 Å². The van der Waals surface area contributed by atoms with Gasteiger partial charge in [-0.1, -0.05) is 20.3 Å². The van der Waals surface area contributed by atoms with Gasteiger partial charge in [0.1, 0.15) is 0 Å². The second kappa shape index (κ2) is 6.11. The van der Waals surface area contributed by atoms with Gasteiger partial charge in [0.15, 0.2) is 9.84 Å². The van der Waals surface area contributed by atoms with Crippen molar-refractivity contribution in [1.82, 2.24) is 10.2 Å². The standard InChI is InChI=1S/C13H26N2O3S/c1-6-9(2)10(3)14-13(16)15-7-8-19(17,18)12(5)11(15)4/h9-12H,6-8H2,1-5H3,(H,14,16)/t9-,10-,11-,12+/m0/s1. The van der Waals surface area contributed by atoms with Gasteiger partial charge >= 0.3 is 6.03 Å². The Morgan fingerprint density at radius 2 is 1.95 bits per heavy atom. The number of hydrogen-bond acceptors (Lipinski definition) is 3. The van der Waals surface area contributed by atoms with Gasteiger partial charge in [0, 0.05) is 18.6 Å². The quantitative estimate of drug-likeness (QED) is 0.859. The van der Waals surface area contributed by atoms with Crippen molar-refractivity contribution in [2.45, 2.75) is 58.4 Å². The van der Waals surface area contributed by atoms with Crippen LogP contribution in [0.5, 0.6) is 0 Å². The average Bonchev–Trinajstić information content (AvgIpc) is 2.34. The second-order valence-electron chi connectivity index (χ2n) is 5.63. The number of nitrogens with zero attached hydrogens (tertiary/aromatic N) is 1. The Morgan fingerprint density at radius 3 is 2.47 bits per heavy atom. The van der Waals surface area contributed by atoms with Crippen LogP contribution in [0.4, 0.5) is 4.79 Å². The highest BCUT2D eigenvalue weighted by molar-refractivity contribution is 7.92. The molecule has 1 fully saturated rings. The van der Waals surface area contributed by atoms with Gasteiger partial charge in [0.2, 0.25) is 0 Å². The molecule has 1 N–H and O–H groups in total. The third kappa shape index (κ3) is 3.61. The van der Waals surface area contributed by atoms with Gasteiger partial charge in [-0.3, -0.25) is 0 Å². The maximum absolute atomic E-state index is 12.2. The van der Waals surface area contributed by atoms with E-state index in [1.54, 1.807) is 18.7 Å². The molecule has 0 aromatic carbocycles. The zero-order valence-electron chi connectivity index (χ0n) is 12.5. The molecule has 0 aromatic heterocycles. The Balaban J connectivity index is 2.69. The molecular formula is C13H26N2O3S. The van der Waals surface area contributed by atoms with Crippen LogP contribution in [0.25, 0.3) is 0 Å². The minimum Gasteiger partial charge on any atom is -0.335 e. The molecule has 6 heteroatoms. The molecule has 1 saturated heterocycles. The number of carbonyl (C=O) groups is 1. The van der Waals surface area contributed by atoms with Crippen molar-refractivity contribution in [2.75, 3.05) is 12.3 Å². The largest absolute Gasteiger partial charge is 0.335 e. The van der Waals surface area contributed by atoms with Crippen LogP contribution in [0.3, 0.4) is 0 Å². The highest BCUT2D eigenvalue weighted by Crippen LogP contribution is 2.19. The number of urea groups is 1. The van der Waals surface area contributed by atoms with Crippen LogP contribution in [0.15, 0.2) is 0 Å². The predicted molar refractivity (Wildman–Crippen MR) is 76.9 cm³/mol. The van der Waals surface area contributed by atoms with E-state index < -0.39 is 15.1 Å². The van der Waals surface area contributed by atoms with Gasteiger partial charge in [-0.05, 0) is 26.7 Å². The molecule has 0 saturated carbocycles. The Morgan fingerprint density at radius 1 is 1.37 bits per heavy atom. The molecule has 0 bridgehead atoms. The third-order valence-corrected chi connectivity index (χ3v) is 6.74. The Bertz CT molecular complexity index is 422. The van der Waals surface area contributed by atoms with Crippen molar-refractivity contribution in [2.24, 2.45) is 5.92 Å². The van der Waals surface area contributed by atoms with Crippen molar-refractivity contribution in [1.29, 1.82) is 0 Å². The van der Waals surface area contributed by atoms with E-state index in [9.17, 15) is 13.2 Å². The van der Waals surface area contributed by atoms with Crippen molar-refractivity contribution >= 4 is 15.9 Å². The molecule has 5 nitrogen and oxygen atoms in total. The van der Waals surface area contributed by atoms with E-state index in [0.29, 0.717) is 5.92 Å². The van der Waals surface area contributed by atoms with E-state index in [4.69, 9.17) is 0 Å². The molecule has 0 aliphatic carbocycles. The topological polar surface area (TPSA) is 66.5 Å². The van der Waals surface area contributed by atoms with Crippen LogP contribution in [0.2, 0.25) is 0 Å². The first-order chi connectivity index (χ1) is 8.70. The van der Waals surface area contributed by atoms with Gasteiger partial charge in [0.25, 0.3) is 0 Å². The number of amides is 2. The molecule has 4 atom stereocenters. The number of hydrogen-bond donors (Lipinski definition) is 1. The maximum Gasteiger partial charge on any atom is 0.317 e. The van der Waals surface area contributed by atoms with E-state index >= 15 is 0 Å². The summed E-state index contributed by atoms with van der Waals surface area (Å²) in [6.07, 6.45) is 1.00. The molecule has 2 amide bonds. The molecule has 19 heavy (non-hydrogen) atoms. The lowest BCUT2D eigenvalue weighted by atomic mass is 10.0. The van der Waals surface area contributed by atoms with Gasteiger partial charge in [-0.15, -0.1) is 0 Å². The van der Waals surface area contributed by atoms with E-state index in [1.807, 2.05) is 6.92 Å². The lowest BCUT2D eigenvalue weighted by Gasteiger charge is -2.38. The van der Waals surface area contributed by atoms with Crippen LogP contribution in [0.1, 0.15) is 41.0 Å². The Hall–Kier alpha value is -0.780. The fraction of sp³-hybridized carbons (Fsp3) is 0.923. The summed E-state index contributed by atoms with van der Waals surface area (Å²) in [7, 11) is -3.05. The summed E-state index contributed by atoms with van der Waals surface area (Å²) in [5, 5.41) is 2.48. The molecule has 0 spiro atoms. The van der Waals surface area contributed by atoms with Gasteiger partial charge in [0.05, 0.1) is 11.0 Å². The predicted octanol–water partition coefficient (Wildman–Crippen LogP) is 1.64. The molecular weight excluding hydrogens is 264 g/mol. The Labute approximate surface area is 116 Å². The molecule has 1 rings (SSSR count). The summed E-state index contributed by atoms with van der Waals surface area (Å²) in [4.78, 5) is 13.9. The summed E-state index contributed by atoms with van der Waals surface area (Å²) in [6.45, 7) is 9.93. The van der Waals surface area contributed by atoms with E-state index in [0.717, 1.165) is 6.42 Å². The maximum atomic E-state index is 12.2. The number of rotatable bonds is 3. The summed E-state index contributed by atoms with van der Waals surface area (Å²) in [5.41, 5.74) is 0. The number of sulfone groups is 1. The zero-order valence-corrected chi connectivity index (χ0v) is 13.3. The summed E-state index contributed by atoms with van der Waals surface area (Å²) in [6, 6.07) is -0.330. The van der Waals surface area contributed by atoms with Gasteiger partial charge in [-0.25, -0.2) is 13.2 Å². The molecule has 112 valence electrons. The molecule has 0 radical (unpaired) electrons. The summed E-state index contributed by atoms with van der Waals surface area (Å²) < 4.78 is 23.6. The highest BCUT2D eigenvalue weighted by atomic mass is 32.2. The zero-order chi connectivity index (χ0) is 14.8. The van der Waals surface area contributed by atoms with Crippen molar-refractivity contribution < 1.29 is 13.2 Å². The highest BCUT2D eigenvalue weighted by Gasteiger charge is 2.38. The minimum absolute atomic E-state index is 0.0592. The lowest BCUT2D eigenvalue weighted by Crippen LogP contribution is -2.58. The smallest absolute Gasteiger partial charge is 0.317 e. The van der Waals surface area contributed by atoms with E-state index in [1.165, 1.54) is 0 Å². The molecule has 0 unspecified atom stereocenters. The first-order valence-corrected chi connectivity index (χ1v) is 8.71. The van der Waals surface area contributed by atoms with Gasteiger partial charge in [-0.2, -0.15) is 0 Å².